The lowest BCUT2D eigenvalue weighted by Crippen LogP contribution is -2.61. The molecule has 4 rings (SSSR count). The second-order valence-electron chi connectivity index (χ2n) is 7.54. The molecule has 1 N–H and O–H groups in total. The number of ether oxygens (including phenoxy) is 1. The van der Waals surface area contributed by atoms with E-state index in [4.69, 9.17) is 4.74 Å². The van der Waals surface area contributed by atoms with Crippen LogP contribution in [-0.2, 0) is 4.74 Å². The van der Waals surface area contributed by atoms with Crippen molar-refractivity contribution in [2.45, 2.75) is 62.9 Å². The van der Waals surface area contributed by atoms with Gasteiger partial charge < -0.3 is 10.1 Å². The van der Waals surface area contributed by atoms with E-state index in [2.05, 4.69) is 54.4 Å². The molecule has 1 aromatic carbocycles. The summed E-state index contributed by atoms with van der Waals surface area (Å²) in [5.74, 6) is 0. The molecule has 3 aliphatic heterocycles. The summed E-state index contributed by atoms with van der Waals surface area (Å²) in [6.07, 6.45) is 4.74. The normalized spacial score (nSPS) is 38.8. The summed E-state index contributed by atoms with van der Waals surface area (Å²) in [6.45, 7) is 6.76. The van der Waals surface area contributed by atoms with Crippen molar-refractivity contribution >= 4 is 0 Å². The van der Waals surface area contributed by atoms with E-state index >= 15 is 0 Å². The molecule has 3 aliphatic rings. The number of piperazine rings is 1. The third kappa shape index (κ3) is 2.52. The maximum Gasteiger partial charge on any atom is 0.0736 e. The predicted octanol–water partition coefficient (Wildman–Crippen LogP) is 2.73. The molecule has 3 heterocycles. The van der Waals surface area contributed by atoms with Crippen molar-refractivity contribution in [3.05, 3.63) is 35.9 Å². The quantitative estimate of drug-likeness (QED) is 0.905. The molecule has 4 unspecified atom stereocenters. The minimum absolute atomic E-state index is 0.188. The molecule has 3 nitrogen and oxygen atoms in total. The van der Waals surface area contributed by atoms with E-state index in [1.165, 1.54) is 24.8 Å². The molecule has 2 bridgehead atoms. The number of hydrogen-bond donors (Lipinski definition) is 1. The number of benzene rings is 1. The van der Waals surface area contributed by atoms with E-state index in [1.807, 2.05) is 0 Å². The lowest BCUT2D eigenvalue weighted by atomic mass is 9.87. The van der Waals surface area contributed by atoms with Crippen molar-refractivity contribution in [3.8, 4) is 0 Å². The van der Waals surface area contributed by atoms with E-state index in [1.54, 1.807) is 0 Å². The van der Waals surface area contributed by atoms with Crippen molar-refractivity contribution in [2.24, 2.45) is 0 Å². The molecular formula is C18H26N2O. The van der Waals surface area contributed by atoms with Crippen molar-refractivity contribution in [1.82, 2.24) is 10.2 Å². The summed E-state index contributed by atoms with van der Waals surface area (Å²) in [5, 5.41) is 3.72. The topological polar surface area (TPSA) is 24.5 Å². The van der Waals surface area contributed by atoms with Gasteiger partial charge in [0.2, 0.25) is 0 Å². The molecular weight excluding hydrogens is 260 g/mol. The first kappa shape index (κ1) is 13.7. The Morgan fingerprint density at radius 3 is 2.67 bits per heavy atom. The molecule has 3 fully saturated rings. The van der Waals surface area contributed by atoms with Gasteiger partial charge in [0.1, 0.15) is 0 Å². The molecule has 114 valence electrons. The van der Waals surface area contributed by atoms with Gasteiger partial charge in [-0.1, -0.05) is 30.3 Å². The highest BCUT2D eigenvalue weighted by atomic mass is 16.5. The maximum absolute atomic E-state index is 6.13. The Kier molecular flexibility index (Phi) is 3.32. The third-order valence-corrected chi connectivity index (χ3v) is 5.44. The van der Waals surface area contributed by atoms with Crippen LogP contribution in [0.3, 0.4) is 0 Å². The van der Waals surface area contributed by atoms with E-state index in [0.29, 0.717) is 24.3 Å². The molecule has 1 aromatic rings. The number of hydrogen-bond acceptors (Lipinski definition) is 3. The Labute approximate surface area is 127 Å². The van der Waals surface area contributed by atoms with Crippen molar-refractivity contribution in [1.29, 1.82) is 0 Å². The number of nitrogens with one attached hydrogen (secondary N) is 1. The number of rotatable bonds is 2. The van der Waals surface area contributed by atoms with Gasteiger partial charge in [0.05, 0.1) is 12.2 Å². The largest absolute Gasteiger partial charge is 0.373 e. The monoisotopic (exact) mass is 286 g/mol. The van der Waals surface area contributed by atoms with E-state index in [0.717, 1.165) is 13.1 Å². The first-order chi connectivity index (χ1) is 10.1. The predicted molar refractivity (Wildman–Crippen MR) is 84.3 cm³/mol. The maximum atomic E-state index is 6.13. The zero-order valence-corrected chi connectivity index (χ0v) is 13.1. The van der Waals surface area contributed by atoms with Crippen LogP contribution >= 0.6 is 0 Å². The summed E-state index contributed by atoms with van der Waals surface area (Å²) >= 11 is 0. The minimum Gasteiger partial charge on any atom is -0.373 e. The van der Waals surface area contributed by atoms with Gasteiger partial charge in [0, 0.05) is 30.7 Å². The fourth-order valence-electron chi connectivity index (χ4n) is 4.41. The second kappa shape index (κ2) is 5.08. The van der Waals surface area contributed by atoms with E-state index < -0.39 is 0 Å². The standard InChI is InChI=1S/C18H26N2O/c1-18(2)12-20(15-10-14-8-9-17(15)21-14)16(11-19-18)13-6-4-3-5-7-13/h3-7,14-17,19H,8-12H2,1-2H3. The van der Waals surface area contributed by atoms with Crippen LogP contribution in [0.5, 0.6) is 0 Å². The average Bonchev–Trinajstić information content (AvgIpc) is 3.10. The third-order valence-electron chi connectivity index (χ3n) is 5.44. The van der Waals surface area contributed by atoms with Crippen LogP contribution in [0.1, 0.15) is 44.7 Å². The van der Waals surface area contributed by atoms with Gasteiger partial charge in [0.25, 0.3) is 0 Å². The summed E-state index contributed by atoms with van der Waals surface area (Å²) in [4.78, 5) is 2.73. The Morgan fingerprint density at radius 2 is 2.00 bits per heavy atom. The van der Waals surface area contributed by atoms with Crippen LogP contribution in [-0.4, -0.2) is 41.8 Å². The van der Waals surface area contributed by atoms with E-state index in [9.17, 15) is 0 Å². The Hall–Kier alpha value is -0.900. The second-order valence-corrected chi connectivity index (χ2v) is 7.54. The summed E-state index contributed by atoms with van der Waals surface area (Å²) in [6, 6.07) is 12.0. The highest BCUT2D eigenvalue weighted by Gasteiger charge is 2.47. The van der Waals surface area contributed by atoms with Gasteiger partial charge >= 0.3 is 0 Å². The molecule has 4 atom stereocenters. The first-order valence-electron chi connectivity index (χ1n) is 8.34. The van der Waals surface area contributed by atoms with Crippen LogP contribution in [0.15, 0.2) is 30.3 Å². The molecule has 0 saturated carbocycles. The summed E-state index contributed by atoms with van der Waals surface area (Å²) in [7, 11) is 0. The SMILES string of the molecule is CC1(C)CN(C2CC3CCC2O3)C(c2ccccc2)CN1. The lowest BCUT2D eigenvalue weighted by molar-refractivity contribution is 0.0149. The number of nitrogens with zero attached hydrogens (tertiary/aromatic N) is 1. The molecule has 21 heavy (non-hydrogen) atoms. The highest BCUT2D eigenvalue weighted by Crippen LogP contribution is 2.41. The van der Waals surface area contributed by atoms with Gasteiger partial charge in [-0.25, -0.2) is 0 Å². The lowest BCUT2D eigenvalue weighted by Gasteiger charge is -2.48. The minimum atomic E-state index is 0.188. The zero-order valence-electron chi connectivity index (χ0n) is 13.1. The van der Waals surface area contributed by atoms with Crippen molar-refractivity contribution in [2.75, 3.05) is 13.1 Å². The molecule has 0 spiro atoms. The average molecular weight is 286 g/mol. The molecule has 0 aliphatic carbocycles. The van der Waals surface area contributed by atoms with Crippen LogP contribution in [0.25, 0.3) is 0 Å². The van der Waals surface area contributed by atoms with Crippen LogP contribution in [0.2, 0.25) is 0 Å². The fourth-order valence-corrected chi connectivity index (χ4v) is 4.41. The molecule has 0 amide bonds. The molecule has 0 radical (unpaired) electrons. The van der Waals surface area contributed by atoms with Gasteiger partial charge in [-0.15, -0.1) is 0 Å². The van der Waals surface area contributed by atoms with Gasteiger partial charge in [-0.2, -0.15) is 0 Å². The van der Waals surface area contributed by atoms with Crippen molar-refractivity contribution in [3.63, 3.8) is 0 Å². The smallest absolute Gasteiger partial charge is 0.0736 e. The first-order valence-corrected chi connectivity index (χ1v) is 8.34. The zero-order chi connectivity index (χ0) is 14.4. The summed E-state index contributed by atoms with van der Waals surface area (Å²) < 4.78 is 6.13. The Bertz CT molecular complexity index is 501. The van der Waals surface area contributed by atoms with Crippen LogP contribution < -0.4 is 5.32 Å². The molecule has 0 aromatic heterocycles. The van der Waals surface area contributed by atoms with Gasteiger partial charge in [-0.05, 0) is 38.7 Å². The molecule has 3 saturated heterocycles. The van der Waals surface area contributed by atoms with Gasteiger partial charge in [-0.3, -0.25) is 4.90 Å². The summed E-state index contributed by atoms with van der Waals surface area (Å²) in [5.41, 5.74) is 1.62. The number of fused-ring (bicyclic) bond motifs is 2. The van der Waals surface area contributed by atoms with Crippen LogP contribution in [0, 0.1) is 0 Å². The van der Waals surface area contributed by atoms with E-state index in [-0.39, 0.29) is 5.54 Å². The highest BCUT2D eigenvalue weighted by molar-refractivity contribution is 5.21. The van der Waals surface area contributed by atoms with Gasteiger partial charge in [0.15, 0.2) is 0 Å². The Balaban J connectivity index is 1.62. The Morgan fingerprint density at radius 1 is 1.19 bits per heavy atom. The molecule has 3 heteroatoms. The fraction of sp³-hybridized carbons (Fsp3) is 0.667. The van der Waals surface area contributed by atoms with Crippen LogP contribution in [0.4, 0.5) is 0 Å². The van der Waals surface area contributed by atoms with Crippen molar-refractivity contribution < 1.29 is 4.74 Å².